The van der Waals surface area contributed by atoms with Crippen molar-refractivity contribution in [2.45, 2.75) is 26.1 Å². The quantitative estimate of drug-likeness (QED) is 0.605. The lowest BCUT2D eigenvalue weighted by atomic mass is 10.0. The molecule has 0 heterocycles. The molecule has 0 aliphatic rings. The molecule has 2 rings (SSSR count). The molecule has 0 aromatic heterocycles. The van der Waals surface area contributed by atoms with Crippen molar-refractivity contribution in [2.24, 2.45) is 0 Å². The van der Waals surface area contributed by atoms with E-state index in [0.29, 0.717) is 5.56 Å². The molecule has 1 N–H and O–H groups in total. The number of alkyl halides is 3. The van der Waals surface area contributed by atoms with E-state index in [-0.39, 0.29) is 17.9 Å². The molecule has 0 spiro atoms. The monoisotopic (exact) mass is 360 g/mol. The average Bonchev–Trinajstić information content (AvgIpc) is 2.59. The zero-order valence-electron chi connectivity index (χ0n) is 14.5. The lowest BCUT2D eigenvalue weighted by molar-refractivity contribution is -0.137. The van der Waals surface area contributed by atoms with Crippen LogP contribution >= 0.6 is 0 Å². The number of allylic oxidation sites excluding steroid dienone is 1. The highest BCUT2D eigenvalue weighted by molar-refractivity contribution is 5.44. The van der Waals surface area contributed by atoms with E-state index in [9.17, 15) is 18.3 Å². The fourth-order valence-corrected chi connectivity index (χ4v) is 2.11. The van der Waals surface area contributed by atoms with Crippen molar-refractivity contribution in [2.75, 3.05) is 6.61 Å². The van der Waals surface area contributed by atoms with E-state index < -0.39 is 17.8 Å². The van der Waals surface area contributed by atoms with Crippen LogP contribution in [0.3, 0.4) is 0 Å². The third-order valence-corrected chi connectivity index (χ3v) is 3.49. The molecule has 0 bridgehead atoms. The smallest absolute Gasteiger partial charge is 0.416 e. The second kappa shape index (κ2) is 8.59. The molecular formula is C21H19F3O2. The van der Waals surface area contributed by atoms with Crippen LogP contribution in [0.5, 0.6) is 5.75 Å². The average molecular weight is 360 g/mol. The molecule has 2 aromatic rings. The third-order valence-electron chi connectivity index (χ3n) is 3.49. The van der Waals surface area contributed by atoms with Gasteiger partial charge in [-0.15, -0.1) is 0 Å². The van der Waals surface area contributed by atoms with E-state index in [2.05, 4.69) is 11.8 Å². The van der Waals surface area contributed by atoms with Crippen LogP contribution in [-0.4, -0.2) is 11.7 Å². The Balaban J connectivity index is 2.33. The molecule has 2 aromatic carbocycles. The summed E-state index contributed by atoms with van der Waals surface area (Å²) >= 11 is 0. The summed E-state index contributed by atoms with van der Waals surface area (Å²) in [5.41, 5.74) is 1.04. The summed E-state index contributed by atoms with van der Waals surface area (Å²) in [6.07, 6.45) is -4.01. The van der Waals surface area contributed by atoms with E-state index in [1.165, 1.54) is 6.07 Å². The zero-order valence-corrected chi connectivity index (χ0v) is 14.5. The molecule has 0 aliphatic carbocycles. The number of hydrogen-bond donors (Lipinski definition) is 1. The van der Waals surface area contributed by atoms with Crippen molar-refractivity contribution in [1.82, 2.24) is 0 Å². The molecule has 26 heavy (non-hydrogen) atoms. The topological polar surface area (TPSA) is 29.5 Å². The van der Waals surface area contributed by atoms with E-state index in [4.69, 9.17) is 4.74 Å². The van der Waals surface area contributed by atoms with E-state index >= 15 is 0 Å². The summed E-state index contributed by atoms with van der Waals surface area (Å²) in [5, 5.41) is 10.3. The van der Waals surface area contributed by atoms with Crippen molar-refractivity contribution in [3.63, 3.8) is 0 Å². The summed E-state index contributed by atoms with van der Waals surface area (Å²) < 4.78 is 44.3. The summed E-state index contributed by atoms with van der Waals surface area (Å²) in [4.78, 5) is 0. The van der Waals surface area contributed by atoms with Crippen LogP contribution < -0.4 is 4.74 Å². The lowest BCUT2D eigenvalue weighted by Gasteiger charge is -2.15. The first-order valence-corrected chi connectivity index (χ1v) is 7.99. The number of hydrogen-bond acceptors (Lipinski definition) is 2. The Morgan fingerprint density at radius 2 is 1.85 bits per heavy atom. The van der Waals surface area contributed by atoms with Crippen LogP contribution in [0.25, 0.3) is 0 Å². The predicted molar refractivity (Wildman–Crippen MR) is 94.6 cm³/mol. The van der Waals surface area contributed by atoms with Gasteiger partial charge in [0, 0.05) is 11.1 Å². The Morgan fingerprint density at radius 1 is 1.15 bits per heavy atom. The maximum absolute atomic E-state index is 13.0. The molecule has 0 aliphatic heterocycles. The Kier molecular flexibility index (Phi) is 6.48. The van der Waals surface area contributed by atoms with Crippen molar-refractivity contribution in [3.8, 4) is 17.6 Å². The SMILES string of the molecule is CC(C)=CCOc1cc(C(F)(F)F)ccc1[C@H](O)C#Cc1ccccc1. The number of rotatable bonds is 4. The van der Waals surface area contributed by atoms with Crippen LogP contribution in [0, 0.1) is 11.8 Å². The van der Waals surface area contributed by atoms with Gasteiger partial charge in [0.05, 0.1) is 5.56 Å². The van der Waals surface area contributed by atoms with Gasteiger partial charge in [-0.3, -0.25) is 0 Å². The van der Waals surface area contributed by atoms with E-state index in [0.717, 1.165) is 17.7 Å². The minimum atomic E-state index is -4.49. The zero-order chi connectivity index (χ0) is 19.2. The van der Waals surface area contributed by atoms with Gasteiger partial charge < -0.3 is 9.84 Å². The highest BCUT2D eigenvalue weighted by Gasteiger charge is 2.31. The molecule has 0 unspecified atom stereocenters. The lowest BCUT2D eigenvalue weighted by Crippen LogP contribution is -2.08. The molecular weight excluding hydrogens is 341 g/mol. The number of aliphatic hydroxyl groups excluding tert-OH is 1. The van der Waals surface area contributed by atoms with Crippen molar-refractivity contribution >= 4 is 0 Å². The van der Waals surface area contributed by atoms with Gasteiger partial charge in [-0.2, -0.15) is 13.2 Å². The maximum atomic E-state index is 13.0. The summed E-state index contributed by atoms with van der Waals surface area (Å²) in [7, 11) is 0. The summed E-state index contributed by atoms with van der Waals surface area (Å²) in [6, 6.07) is 12.0. The number of ether oxygens (including phenoxy) is 1. The molecule has 0 amide bonds. The van der Waals surface area contributed by atoms with Gasteiger partial charge in [-0.05, 0) is 44.2 Å². The second-order valence-corrected chi connectivity index (χ2v) is 5.88. The van der Waals surface area contributed by atoms with Crippen LogP contribution in [0.2, 0.25) is 0 Å². The van der Waals surface area contributed by atoms with Crippen molar-refractivity contribution < 1.29 is 23.0 Å². The van der Waals surface area contributed by atoms with Crippen molar-refractivity contribution in [1.29, 1.82) is 0 Å². The van der Waals surface area contributed by atoms with Gasteiger partial charge in [-0.25, -0.2) is 0 Å². The first-order chi connectivity index (χ1) is 12.3. The molecule has 0 saturated heterocycles. The first kappa shape index (κ1) is 19.6. The summed E-state index contributed by atoms with van der Waals surface area (Å²) in [5.74, 6) is 5.41. The molecule has 2 nitrogen and oxygen atoms in total. The minimum absolute atomic E-state index is 0.0350. The van der Waals surface area contributed by atoms with Crippen LogP contribution in [0.1, 0.15) is 36.6 Å². The highest BCUT2D eigenvalue weighted by atomic mass is 19.4. The fraction of sp³-hybridized carbons (Fsp3) is 0.238. The molecule has 5 heteroatoms. The van der Waals surface area contributed by atoms with Crippen LogP contribution in [0.15, 0.2) is 60.2 Å². The minimum Gasteiger partial charge on any atom is -0.489 e. The van der Waals surface area contributed by atoms with Gasteiger partial charge in [0.2, 0.25) is 0 Å². The normalized spacial score (nSPS) is 11.9. The Hall–Kier alpha value is -2.71. The highest BCUT2D eigenvalue weighted by Crippen LogP contribution is 2.35. The fourth-order valence-electron chi connectivity index (χ4n) is 2.11. The third kappa shape index (κ3) is 5.68. The number of aliphatic hydroxyl groups is 1. The largest absolute Gasteiger partial charge is 0.489 e. The number of halogens is 3. The van der Waals surface area contributed by atoms with Gasteiger partial charge in [-0.1, -0.05) is 41.7 Å². The van der Waals surface area contributed by atoms with E-state index in [1.54, 1.807) is 18.2 Å². The Labute approximate surface area is 150 Å². The standard InChI is InChI=1S/C21H19F3O2/c1-15(2)12-13-26-20-14-17(21(22,23)24)9-10-18(20)19(25)11-8-16-6-4-3-5-7-16/h3-7,9-10,12,14,19,25H,13H2,1-2H3/t19-/m1/s1. The predicted octanol–water partition coefficient (Wildman–Crippen LogP) is 5.14. The van der Waals surface area contributed by atoms with Crippen molar-refractivity contribution in [3.05, 3.63) is 76.9 Å². The number of benzene rings is 2. The molecule has 0 fully saturated rings. The van der Waals surface area contributed by atoms with Crippen LogP contribution in [0.4, 0.5) is 13.2 Å². The van der Waals surface area contributed by atoms with E-state index in [1.807, 2.05) is 32.0 Å². The Morgan fingerprint density at radius 3 is 2.46 bits per heavy atom. The second-order valence-electron chi connectivity index (χ2n) is 5.88. The van der Waals surface area contributed by atoms with Gasteiger partial charge >= 0.3 is 6.18 Å². The molecule has 136 valence electrons. The first-order valence-electron chi connectivity index (χ1n) is 7.99. The maximum Gasteiger partial charge on any atom is 0.416 e. The molecule has 1 atom stereocenters. The van der Waals surface area contributed by atoms with Gasteiger partial charge in [0.1, 0.15) is 18.5 Å². The van der Waals surface area contributed by atoms with Crippen LogP contribution in [-0.2, 0) is 6.18 Å². The van der Waals surface area contributed by atoms with Gasteiger partial charge in [0.25, 0.3) is 0 Å². The molecule has 0 saturated carbocycles. The summed E-state index contributed by atoms with van der Waals surface area (Å²) in [6.45, 7) is 3.82. The Bertz CT molecular complexity index is 824. The molecule has 0 radical (unpaired) electrons. The van der Waals surface area contributed by atoms with Gasteiger partial charge in [0.15, 0.2) is 0 Å².